The van der Waals surface area contributed by atoms with Crippen molar-refractivity contribution in [2.24, 2.45) is 4.99 Å². The molecule has 1 saturated carbocycles. The highest BCUT2D eigenvalue weighted by Crippen LogP contribution is 2.38. The maximum absolute atomic E-state index is 11.1. The van der Waals surface area contributed by atoms with Gasteiger partial charge in [-0.25, -0.2) is 9.67 Å². The van der Waals surface area contributed by atoms with Gasteiger partial charge in [-0.3, -0.25) is 9.59 Å². The van der Waals surface area contributed by atoms with E-state index in [-0.39, 0.29) is 5.91 Å². The molecule has 8 heteroatoms. The topological polar surface area (TPSA) is 109 Å². The number of allylic oxidation sites excluding steroid dienone is 7. The Bertz CT molecular complexity index is 1600. The third kappa shape index (κ3) is 10.6. The lowest BCUT2D eigenvalue weighted by molar-refractivity contribution is 0.0258. The van der Waals surface area contributed by atoms with Gasteiger partial charge in [-0.2, -0.15) is 5.10 Å². The molecular formula is C38H45N5O3. The maximum Gasteiger partial charge on any atom is 0.251 e. The van der Waals surface area contributed by atoms with Crippen LogP contribution in [0.25, 0.3) is 5.82 Å². The first-order valence-corrected chi connectivity index (χ1v) is 15.5. The second-order valence-electron chi connectivity index (χ2n) is 11.0. The van der Waals surface area contributed by atoms with E-state index >= 15 is 0 Å². The zero-order valence-electron chi connectivity index (χ0n) is 27.4. The number of aliphatic imine (C=N–C) groups is 1. The molecule has 240 valence electrons. The molecule has 1 aliphatic carbocycles. The van der Waals surface area contributed by atoms with E-state index < -0.39 is 0 Å². The lowest BCUT2D eigenvalue weighted by atomic mass is 9.77. The summed E-state index contributed by atoms with van der Waals surface area (Å²) in [6.45, 7) is 6.14. The number of aryl methyl sites for hydroxylation is 1. The van der Waals surface area contributed by atoms with Gasteiger partial charge in [0.1, 0.15) is 0 Å². The first-order valence-electron chi connectivity index (χ1n) is 15.5. The quantitative estimate of drug-likeness (QED) is 0.116. The number of methoxy groups -OCH3 is 1. The number of hydrogen-bond donors (Lipinski definition) is 2. The molecule has 1 fully saturated rings. The van der Waals surface area contributed by atoms with E-state index in [0.29, 0.717) is 40.8 Å². The molecule has 0 atom stereocenters. The van der Waals surface area contributed by atoms with Crippen molar-refractivity contribution in [2.45, 2.75) is 58.5 Å². The van der Waals surface area contributed by atoms with Crippen molar-refractivity contribution in [1.82, 2.24) is 15.1 Å². The Labute approximate surface area is 272 Å². The predicted molar refractivity (Wildman–Crippen MR) is 188 cm³/mol. The molecule has 1 amide bonds. The van der Waals surface area contributed by atoms with Gasteiger partial charge in [0, 0.05) is 49.5 Å². The highest BCUT2D eigenvalue weighted by atomic mass is 16.5. The second kappa shape index (κ2) is 18.8. The summed E-state index contributed by atoms with van der Waals surface area (Å²) >= 11 is 0. The van der Waals surface area contributed by atoms with Crippen LogP contribution in [0.15, 0.2) is 107 Å². The molecule has 3 aromatic rings. The van der Waals surface area contributed by atoms with Crippen molar-refractivity contribution >= 4 is 30.4 Å². The average Bonchev–Trinajstić information content (AvgIpc) is 3.49. The normalized spacial score (nSPS) is 16.9. The van der Waals surface area contributed by atoms with Crippen LogP contribution in [-0.2, 0) is 4.74 Å². The van der Waals surface area contributed by atoms with Gasteiger partial charge in [0.15, 0.2) is 12.1 Å². The van der Waals surface area contributed by atoms with Crippen LogP contribution in [0.5, 0.6) is 0 Å². The lowest BCUT2D eigenvalue weighted by Gasteiger charge is -2.34. The van der Waals surface area contributed by atoms with Crippen molar-refractivity contribution in [3.63, 3.8) is 0 Å². The highest BCUT2D eigenvalue weighted by Gasteiger charge is 2.29. The highest BCUT2D eigenvalue weighted by molar-refractivity contribution is 6.01. The van der Waals surface area contributed by atoms with Crippen LogP contribution in [0.3, 0.4) is 0 Å². The van der Waals surface area contributed by atoms with Crippen LogP contribution in [0.2, 0.25) is 0 Å². The summed E-state index contributed by atoms with van der Waals surface area (Å²) < 4.78 is 7.14. The molecule has 0 aliphatic heterocycles. The first kappa shape index (κ1) is 35.5. The Balaban J connectivity index is 0.000000402. The van der Waals surface area contributed by atoms with E-state index in [2.05, 4.69) is 72.8 Å². The largest absolute Gasteiger partial charge is 0.381 e. The van der Waals surface area contributed by atoms with E-state index in [1.165, 1.54) is 18.8 Å². The minimum Gasteiger partial charge on any atom is -0.381 e. The van der Waals surface area contributed by atoms with Crippen molar-refractivity contribution in [2.75, 3.05) is 14.2 Å². The van der Waals surface area contributed by atoms with Gasteiger partial charge in [0.25, 0.3) is 5.91 Å². The number of nitrogens with zero attached hydrogens (tertiary/aromatic N) is 3. The Morgan fingerprint density at radius 1 is 1.11 bits per heavy atom. The number of nitrogens with one attached hydrogen (secondary N) is 2. The lowest BCUT2D eigenvalue weighted by Crippen LogP contribution is -2.28. The molecule has 0 bridgehead atoms. The van der Waals surface area contributed by atoms with E-state index in [1.807, 2.05) is 31.5 Å². The van der Waals surface area contributed by atoms with Gasteiger partial charge < -0.3 is 15.5 Å². The van der Waals surface area contributed by atoms with Gasteiger partial charge >= 0.3 is 0 Å². The second-order valence-corrected chi connectivity index (χ2v) is 11.0. The summed E-state index contributed by atoms with van der Waals surface area (Å²) in [5.74, 6) is 0.976. The predicted octanol–water partition coefficient (Wildman–Crippen LogP) is 7.74. The molecule has 2 aromatic carbocycles. The number of aromatic nitrogens is 2. The van der Waals surface area contributed by atoms with Crippen molar-refractivity contribution in [3.8, 4) is 0 Å². The van der Waals surface area contributed by atoms with E-state index in [0.717, 1.165) is 42.5 Å². The number of benzene rings is 2. The summed E-state index contributed by atoms with van der Waals surface area (Å²) in [6, 6.07) is 17.2. The standard InChI is InChI=1S/C29H36N4O.C9H9NO2/c1-5-6-7-8-9-10-22(2)17-27(20-30)29(33-16-15-23(3)32-33)31-21-24-11-13-25(14-12-24)26-18-28(19-26)34-4;1-10-9(12)8-5-3-2-4-7(8)6-11/h6-9,11-17,20-21,26,28,30H,5,10,18-19H2,1-4H3;2-6H,1H3,(H,10,12)/b7-6-,9-8-,22-17+,29-27-,30-20?,31-21+;. The van der Waals surface area contributed by atoms with Crippen LogP contribution in [0.1, 0.15) is 83.0 Å². The summed E-state index contributed by atoms with van der Waals surface area (Å²) in [5, 5.41) is 15.0. The molecule has 0 saturated heterocycles. The fraction of sp³-hybridized carbons (Fsp3) is 0.289. The number of rotatable bonds is 13. The molecule has 0 spiro atoms. The molecule has 46 heavy (non-hydrogen) atoms. The Morgan fingerprint density at radius 3 is 2.43 bits per heavy atom. The monoisotopic (exact) mass is 619 g/mol. The molecule has 1 heterocycles. The number of aldehydes is 1. The third-order valence-electron chi connectivity index (χ3n) is 7.55. The molecule has 0 unspecified atom stereocenters. The Morgan fingerprint density at radius 2 is 1.83 bits per heavy atom. The van der Waals surface area contributed by atoms with Crippen LogP contribution < -0.4 is 5.32 Å². The van der Waals surface area contributed by atoms with Crippen LogP contribution in [0, 0.1) is 12.3 Å². The van der Waals surface area contributed by atoms with Crippen LogP contribution in [0.4, 0.5) is 0 Å². The van der Waals surface area contributed by atoms with Gasteiger partial charge in [0.2, 0.25) is 0 Å². The molecule has 1 aromatic heterocycles. The molecule has 2 N–H and O–H groups in total. The minimum absolute atomic E-state index is 0.238. The summed E-state index contributed by atoms with van der Waals surface area (Å²) in [5.41, 5.74) is 5.96. The SMILES string of the molecule is CC/C=C\C=C/C/C(C)=C/C(C=N)=C(\N=C\c1ccc(C2CC(OC)C2)cc1)n1ccc(C)n1.CNC(=O)c1ccccc1C=O. The third-order valence-corrected chi connectivity index (χ3v) is 7.55. The zero-order valence-corrected chi connectivity index (χ0v) is 27.4. The van der Waals surface area contributed by atoms with Gasteiger partial charge in [-0.15, -0.1) is 0 Å². The summed E-state index contributed by atoms with van der Waals surface area (Å²) in [4.78, 5) is 26.4. The maximum atomic E-state index is 11.1. The zero-order chi connectivity index (χ0) is 33.3. The fourth-order valence-corrected chi connectivity index (χ4v) is 4.80. The molecule has 8 nitrogen and oxygen atoms in total. The van der Waals surface area contributed by atoms with Gasteiger partial charge in [-0.05, 0) is 68.7 Å². The molecular weight excluding hydrogens is 574 g/mol. The number of hydrogen-bond acceptors (Lipinski definition) is 6. The number of carbonyl (C=O) groups excluding carboxylic acids is 2. The number of amides is 1. The van der Waals surface area contributed by atoms with Crippen molar-refractivity contribution in [3.05, 3.63) is 130 Å². The van der Waals surface area contributed by atoms with E-state index in [1.54, 1.807) is 36.1 Å². The van der Waals surface area contributed by atoms with E-state index in [4.69, 9.17) is 15.1 Å². The minimum atomic E-state index is -0.238. The molecule has 4 rings (SSSR count). The Hall–Kier alpha value is -4.95. The molecule has 0 radical (unpaired) electrons. The van der Waals surface area contributed by atoms with Crippen LogP contribution >= 0.6 is 0 Å². The first-order chi connectivity index (χ1) is 22.3. The number of ether oxygens (including phenoxy) is 1. The smallest absolute Gasteiger partial charge is 0.251 e. The summed E-state index contributed by atoms with van der Waals surface area (Å²) in [7, 11) is 3.32. The van der Waals surface area contributed by atoms with Gasteiger partial charge in [0.05, 0.1) is 11.8 Å². The number of carbonyl (C=O) groups is 2. The van der Waals surface area contributed by atoms with Crippen molar-refractivity contribution in [1.29, 1.82) is 5.41 Å². The van der Waals surface area contributed by atoms with Gasteiger partial charge in [-0.1, -0.05) is 85.3 Å². The Kier molecular flexibility index (Phi) is 14.5. The van der Waals surface area contributed by atoms with E-state index in [9.17, 15) is 9.59 Å². The average molecular weight is 620 g/mol. The summed E-state index contributed by atoms with van der Waals surface area (Å²) in [6.07, 6.45) is 20.6. The fourth-order valence-electron chi connectivity index (χ4n) is 4.80. The van der Waals surface area contributed by atoms with Crippen molar-refractivity contribution < 1.29 is 14.3 Å². The van der Waals surface area contributed by atoms with Crippen LogP contribution in [-0.4, -0.2) is 54.7 Å². The molecule has 1 aliphatic rings.